The number of nitrogens with two attached hydrogens (primary N) is 1. The summed E-state index contributed by atoms with van der Waals surface area (Å²) in [6.45, 7) is 2.86. The van der Waals surface area contributed by atoms with Crippen molar-refractivity contribution in [3.05, 3.63) is 41.5 Å². The molecule has 0 saturated carbocycles. The molecule has 1 aromatic carbocycles. The first-order chi connectivity index (χ1) is 7.26. The van der Waals surface area contributed by atoms with E-state index in [0.29, 0.717) is 0 Å². The van der Waals surface area contributed by atoms with Crippen LogP contribution in [0.5, 0.6) is 5.75 Å². The third kappa shape index (κ3) is 4.17. The molecule has 2 nitrogen and oxygen atoms in total. The molecule has 0 saturated heterocycles. The summed E-state index contributed by atoms with van der Waals surface area (Å²) in [6.07, 6.45) is 4.15. The fourth-order valence-electron chi connectivity index (χ4n) is 1.47. The molecule has 2 N–H and O–H groups in total. The third-order valence-corrected chi connectivity index (χ3v) is 2.30. The van der Waals surface area contributed by atoms with Crippen LogP contribution in [0.2, 0.25) is 0 Å². The minimum atomic E-state index is 0.722. The molecule has 2 heteroatoms. The monoisotopic (exact) mass is 205 g/mol. The van der Waals surface area contributed by atoms with Crippen molar-refractivity contribution in [2.45, 2.75) is 19.8 Å². The van der Waals surface area contributed by atoms with Gasteiger partial charge in [0.2, 0.25) is 0 Å². The van der Waals surface area contributed by atoms with E-state index >= 15 is 0 Å². The second-order valence-corrected chi connectivity index (χ2v) is 3.65. The molecule has 0 atom stereocenters. The molecule has 0 aliphatic carbocycles. The Bertz CT molecular complexity index is 314. The fourth-order valence-corrected chi connectivity index (χ4v) is 1.47. The number of ether oxygens (including phenoxy) is 1. The Labute approximate surface area is 91.7 Å². The molecule has 82 valence electrons. The summed E-state index contributed by atoms with van der Waals surface area (Å²) in [5.74, 6) is 0.905. The lowest BCUT2D eigenvalue weighted by Gasteiger charge is -2.04. The highest BCUT2D eigenvalue weighted by molar-refractivity contribution is 5.29. The molecule has 15 heavy (non-hydrogen) atoms. The first-order valence-electron chi connectivity index (χ1n) is 5.25. The van der Waals surface area contributed by atoms with Crippen LogP contribution in [0.3, 0.4) is 0 Å². The van der Waals surface area contributed by atoms with Gasteiger partial charge in [-0.2, -0.15) is 0 Å². The van der Waals surface area contributed by atoms with Crippen LogP contribution in [0.25, 0.3) is 0 Å². The van der Waals surface area contributed by atoms with Crippen LogP contribution >= 0.6 is 0 Å². The maximum atomic E-state index is 5.45. The smallest absolute Gasteiger partial charge is 0.118 e. The van der Waals surface area contributed by atoms with Crippen LogP contribution in [0.1, 0.15) is 18.9 Å². The molecular weight excluding hydrogens is 186 g/mol. The first kappa shape index (κ1) is 11.8. The normalized spacial score (nSPS) is 11.5. The van der Waals surface area contributed by atoms with Gasteiger partial charge >= 0.3 is 0 Å². The summed E-state index contributed by atoms with van der Waals surface area (Å²) in [5.41, 5.74) is 8.12. The lowest BCUT2D eigenvalue weighted by Crippen LogP contribution is -1.96. The number of hydrogen-bond donors (Lipinski definition) is 1. The third-order valence-electron chi connectivity index (χ3n) is 2.30. The average molecular weight is 205 g/mol. The van der Waals surface area contributed by atoms with Gasteiger partial charge in [-0.1, -0.05) is 23.8 Å². The zero-order valence-electron chi connectivity index (χ0n) is 9.49. The molecule has 0 unspecified atom stereocenters. The summed E-state index contributed by atoms with van der Waals surface area (Å²) in [5, 5.41) is 0. The van der Waals surface area contributed by atoms with Crippen molar-refractivity contribution < 1.29 is 4.74 Å². The number of methoxy groups -OCH3 is 1. The Balaban J connectivity index is 2.57. The van der Waals surface area contributed by atoms with Crippen LogP contribution < -0.4 is 10.5 Å². The molecule has 0 fully saturated rings. The largest absolute Gasteiger partial charge is 0.497 e. The van der Waals surface area contributed by atoms with E-state index in [1.54, 1.807) is 7.11 Å². The Morgan fingerprint density at radius 2 is 2.00 bits per heavy atom. The van der Waals surface area contributed by atoms with Gasteiger partial charge in [0.05, 0.1) is 7.11 Å². The molecule has 1 rings (SSSR count). The number of benzene rings is 1. The van der Waals surface area contributed by atoms with Gasteiger partial charge in [0.1, 0.15) is 5.75 Å². The van der Waals surface area contributed by atoms with Gasteiger partial charge in [0.15, 0.2) is 0 Å². The van der Waals surface area contributed by atoms with Gasteiger partial charge in [0, 0.05) is 0 Å². The van der Waals surface area contributed by atoms with Crippen molar-refractivity contribution in [1.82, 2.24) is 0 Å². The Morgan fingerprint density at radius 1 is 1.33 bits per heavy atom. The number of rotatable bonds is 5. The van der Waals surface area contributed by atoms with E-state index < -0.39 is 0 Å². The molecule has 0 aliphatic heterocycles. The van der Waals surface area contributed by atoms with Gasteiger partial charge < -0.3 is 10.5 Å². The predicted molar refractivity (Wildman–Crippen MR) is 64.1 cm³/mol. The lowest BCUT2D eigenvalue weighted by molar-refractivity contribution is 0.414. The van der Waals surface area contributed by atoms with Crippen LogP contribution in [-0.2, 0) is 6.42 Å². The standard InChI is InChI=1S/C13H19NO/c1-11(4-3-9-14)10-12-5-7-13(15-2)8-6-12/h4-8H,3,9-10,14H2,1-2H3. The minimum absolute atomic E-state index is 0.722. The van der Waals surface area contributed by atoms with Gasteiger partial charge in [-0.3, -0.25) is 0 Å². The highest BCUT2D eigenvalue weighted by Crippen LogP contribution is 2.14. The van der Waals surface area contributed by atoms with Crippen molar-refractivity contribution in [3.63, 3.8) is 0 Å². The van der Waals surface area contributed by atoms with E-state index in [2.05, 4.69) is 25.1 Å². The van der Waals surface area contributed by atoms with E-state index in [1.165, 1.54) is 11.1 Å². The summed E-state index contributed by atoms with van der Waals surface area (Å²) in [6, 6.07) is 8.17. The quantitative estimate of drug-likeness (QED) is 0.750. The molecule has 0 heterocycles. The second kappa shape index (κ2) is 6.25. The summed E-state index contributed by atoms with van der Waals surface area (Å²) in [4.78, 5) is 0. The Morgan fingerprint density at radius 3 is 2.53 bits per heavy atom. The zero-order chi connectivity index (χ0) is 11.1. The Hall–Kier alpha value is -1.28. The molecule has 0 spiro atoms. The van der Waals surface area contributed by atoms with Crippen molar-refractivity contribution in [2.24, 2.45) is 5.73 Å². The molecule has 0 bridgehead atoms. The van der Waals surface area contributed by atoms with Crippen molar-refractivity contribution in [2.75, 3.05) is 13.7 Å². The molecule has 0 aliphatic rings. The van der Waals surface area contributed by atoms with Gasteiger partial charge in [-0.25, -0.2) is 0 Å². The van der Waals surface area contributed by atoms with Gasteiger partial charge in [-0.05, 0) is 44.0 Å². The summed E-state index contributed by atoms with van der Waals surface area (Å²) in [7, 11) is 1.68. The van der Waals surface area contributed by atoms with Crippen molar-refractivity contribution in [3.8, 4) is 5.75 Å². The first-order valence-corrected chi connectivity index (χ1v) is 5.25. The summed E-state index contributed by atoms with van der Waals surface area (Å²) >= 11 is 0. The van der Waals surface area contributed by atoms with E-state index in [0.717, 1.165) is 25.1 Å². The number of hydrogen-bond acceptors (Lipinski definition) is 2. The lowest BCUT2D eigenvalue weighted by atomic mass is 10.1. The number of allylic oxidation sites excluding steroid dienone is 1. The molecule has 0 amide bonds. The second-order valence-electron chi connectivity index (χ2n) is 3.65. The Kier molecular flexibility index (Phi) is 4.91. The van der Waals surface area contributed by atoms with Crippen molar-refractivity contribution in [1.29, 1.82) is 0 Å². The van der Waals surface area contributed by atoms with E-state index in [-0.39, 0.29) is 0 Å². The highest BCUT2D eigenvalue weighted by atomic mass is 16.5. The zero-order valence-corrected chi connectivity index (χ0v) is 9.49. The predicted octanol–water partition coefficient (Wildman–Crippen LogP) is 2.53. The van der Waals surface area contributed by atoms with Gasteiger partial charge in [0.25, 0.3) is 0 Å². The van der Waals surface area contributed by atoms with E-state index in [1.807, 2.05) is 12.1 Å². The average Bonchev–Trinajstić information content (AvgIpc) is 2.27. The maximum Gasteiger partial charge on any atom is 0.118 e. The van der Waals surface area contributed by atoms with Crippen LogP contribution in [0.4, 0.5) is 0 Å². The van der Waals surface area contributed by atoms with E-state index in [4.69, 9.17) is 10.5 Å². The fraction of sp³-hybridized carbons (Fsp3) is 0.385. The SMILES string of the molecule is COc1ccc(CC(C)=CCCN)cc1. The molecular formula is C13H19NO. The maximum absolute atomic E-state index is 5.45. The summed E-state index contributed by atoms with van der Waals surface area (Å²) < 4.78 is 5.11. The van der Waals surface area contributed by atoms with E-state index in [9.17, 15) is 0 Å². The molecule has 0 radical (unpaired) electrons. The van der Waals surface area contributed by atoms with Gasteiger partial charge in [-0.15, -0.1) is 0 Å². The minimum Gasteiger partial charge on any atom is -0.497 e. The highest BCUT2D eigenvalue weighted by Gasteiger charge is 1.95. The van der Waals surface area contributed by atoms with Crippen molar-refractivity contribution >= 4 is 0 Å². The topological polar surface area (TPSA) is 35.2 Å². The molecule has 0 aromatic heterocycles. The van der Waals surface area contributed by atoms with Crippen LogP contribution in [0, 0.1) is 0 Å². The van der Waals surface area contributed by atoms with Crippen LogP contribution in [-0.4, -0.2) is 13.7 Å². The molecule has 1 aromatic rings. The van der Waals surface area contributed by atoms with Crippen LogP contribution in [0.15, 0.2) is 35.9 Å².